The maximum atomic E-state index is 12.5. The molecule has 0 aliphatic carbocycles. The molecule has 1 aliphatic heterocycles. The third-order valence-electron chi connectivity index (χ3n) is 3.89. The average Bonchev–Trinajstić information content (AvgIpc) is 3.12. The highest BCUT2D eigenvalue weighted by atomic mass is 32.2. The molecule has 0 aromatic carbocycles. The summed E-state index contributed by atoms with van der Waals surface area (Å²) in [4.78, 5) is 29.9. The fourth-order valence-electron chi connectivity index (χ4n) is 2.53. The molecular weight excluding hydrogens is 384 g/mol. The van der Waals surface area contributed by atoms with Gasteiger partial charge in [0.15, 0.2) is 14.2 Å². The smallest absolute Gasteiger partial charge is 0.311 e. The van der Waals surface area contributed by atoms with E-state index in [1.165, 1.54) is 28.0 Å². The fraction of sp³-hybridized carbons (Fsp3) is 0.667. The second-order valence-corrected chi connectivity index (χ2v) is 10.5. The van der Waals surface area contributed by atoms with Crippen LogP contribution in [0.3, 0.4) is 0 Å². The lowest BCUT2D eigenvalue weighted by Gasteiger charge is -2.25. The standard InChI is InChI=1S/C15H22N2O5S3/c1-4-22-13(18)7-11-8-23-15(16-11)24-10(2)14(19)17(3)12-5-6-25(20,21)9-12/h8,10,12H,4-7,9H2,1-3H3/t10-,12-/m1/s1. The summed E-state index contributed by atoms with van der Waals surface area (Å²) < 4.78 is 28.7. The molecule has 2 heterocycles. The van der Waals surface area contributed by atoms with Crippen molar-refractivity contribution in [2.45, 2.75) is 42.3 Å². The molecule has 0 bridgehead atoms. The number of rotatable bonds is 7. The number of carbonyl (C=O) groups excluding carboxylic acids is 2. The molecule has 1 aromatic rings. The van der Waals surface area contributed by atoms with Crippen LogP contribution < -0.4 is 0 Å². The van der Waals surface area contributed by atoms with Crippen LogP contribution in [0, 0.1) is 0 Å². The molecule has 140 valence electrons. The van der Waals surface area contributed by atoms with Crippen LogP contribution in [0.25, 0.3) is 0 Å². The van der Waals surface area contributed by atoms with Crippen LogP contribution in [0.1, 0.15) is 26.0 Å². The number of amides is 1. The topological polar surface area (TPSA) is 93.6 Å². The Balaban J connectivity index is 1.90. The van der Waals surface area contributed by atoms with E-state index in [-0.39, 0.29) is 41.1 Å². The Bertz CT molecular complexity index is 731. The highest BCUT2D eigenvalue weighted by molar-refractivity contribution is 8.02. The molecule has 1 amide bonds. The summed E-state index contributed by atoms with van der Waals surface area (Å²) in [6.45, 7) is 3.86. The number of carbonyl (C=O) groups is 2. The van der Waals surface area contributed by atoms with E-state index >= 15 is 0 Å². The first-order valence-corrected chi connectivity index (χ1v) is 11.5. The van der Waals surface area contributed by atoms with Gasteiger partial charge >= 0.3 is 5.97 Å². The lowest BCUT2D eigenvalue weighted by molar-refractivity contribution is -0.142. The van der Waals surface area contributed by atoms with Crippen LogP contribution in [0.2, 0.25) is 0 Å². The highest BCUT2D eigenvalue weighted by Gasteiger charge is 2.34. The summed E-state index contributed by atoms with van der Waals surface area (Å²) in [5.41, 5.74) is 0.626. The monoisotopic (exact) mass is 406 g/mol. The van der Waals surface area contributed by atoms with Gasteiger partial charge in [0, 0.05) is 18.5 Å². The predicted octanol–water partition coefficient (Wildman–Crippen LogP) is 1.37. The molecule has 0 unspecified atom stereocenters. The van der Waals surface area contributed by atoms with Gasteiger partial charge in [-0.25, -0.2) is 13.4 Å². The summed E-state index contributed by atoms with van der Waals surface area (Å²) in [6, 6.07) is -0.254. The van der Waals surface area contributed by atoms with Crippen LogP contribution in [0.15, 0.2) is 9.72 Å². The Kier molecular flexibility index (Phi) is 6.86. The van der Waals surface area contributed by atoms with Gasteiger partial charge in [0.25, 0.3) is 0 Å². The van der Waals surface area contributed by atoms with E-state index in [0.717, 1.165) is 0 Å². The van der Waals surface area contributed by atoms with Crippen molar-refractivity contribution in [1.29, 1.82) is 0 Å². The Hall–Kier alpha value is -1.13. The molecule has 10 heteroatoms. The van der Waals surface area contributed by atoms with Crippen molar-refractivity contribution in [1.82, 2.24) is 9.88 Å². The second-order valence-electron chi connectivity index (χ2n) is 5.85. The van der Waals surface area contributed by atoms with Crippen molar-refractivity contribution < 1.29 is 22.7 Å². The minimum atomic E-state index is -3.03. The zero-order chi connectivity index (χ0) is 18.6. The molecule has 0 saturated carbocycles. The normalized spacial score (nSPS) is 20.2. The summed E-state index contributed by atoms with van der Waals surface area (Å²) in [6.07, 6.45) is 0.607. The molecule has 25 heavy (non-hydrogen) atoms. The Labute approximate surface area is 156 Å². The van der Waals surface area contributed by atoms with Crippen molar-refractivity contribution in [2.24, 2.45) is 0 Å². The third kappa shape index (κ3) is 5.68. The van der Waals surface area contributed by atoms with Gasteiger partial charge in [-0.05, 0) is 20.3 Å². The zero-order valence-corrected chi connectivity index (χ0v) is 16.9. The number of nitrogens with zero attached hydrogens (tertiary/aromatic N) is 2. The molecule has 1 saturated heterocycles. The number of esters is 1. The lowest BCUT2D eigenvalue weighted by atomic mass is 10.2. The van der Waals surface area contributed by atoms with Gasteiger partial charge in [-0.15, -0.1) is 11.3 Å². The SMILES string of the molecule is CCOC(=O)Cc1csc(S[C@H](C)C(=O)N(C)[C@@H]2CCS(=O)(=O)C2)n1. The molecule has 2 rings (SSSR count). The minimum absolute atomic E-state index is 0.0353. The summed E-state index contributed by atoms with van der Waals surface area (Å²) >= 11 is 2.69. The maximum absolute atomic E-state index is 12.5. The van der Waals surface area contributed by atoms with E-state index in [0.29, 0.717) is 23.1 Å². The van der Waals surface area contributed by atoms with Crippen LogP contribution >= 0.6 is 23.1 Å². The molecule has 0 radical (unpaired) electrons. The summed E-state index contributed by atoms with van der Waals surface area (Å²) in [5, 5.41) is 1.40. The molecule has 7 nitrogen and oxygen atoms in total. The number of hydrogen-bond donors (Lipinski definition) is 0. The molecule has 1 aromatic heterocycles. The summed E-state index contributed by atoms with van der Waals surface area (Å²) in [5.74, 6) is -0.265. The van der Waals surface area contributed by atoms with Gasteiger partial charge in [-0.3, -0.25) is 9.59 Å². The van der Waals surface area contributed by atoms with E-state index < -0.39 is 9.84 Å². The highest BCUT2D eigenvalue weighted by Crippen LogP contribution is 2.29. The van der Waals surface area contributed by atoms with Gasteiger partial charge in [0.2, 0.25) is 5.91 Å². The zero-order valence-electron chi connectivity index (χ0n) is 14.4. The number of ether oxygens (including phenoxy) is 1. The van der Waals surface area contributed by atoms with E-state index in [9.17, 15) is 18.0 Å². The quantitative estimate of drug-likeness (QED) is 0.499. The first-order chi connectivity index (χ1) is 11.7. The first-order valence-electron chi connectivity index (χ1n) is 7.95. The van der Waals surface area contributed by atoms with Gasteiger partial charge in [-0.2, -0.15) is 0 Å². The van der Waals surface area contributed by atoms with E-state index in [2.05, 4.69) is 4.98 Å². The Morgan fingerprint density at radius 1 is 1.52 bits per heavy atom. The predicted molar refractivity (Wildman–Crippen MR) is 97.6 cm³/mol. The van der Waals surface area contributed by atoms with Gasteiger partial charge in [0.1, 0.15) is 0 Å². The van der Waals surface area contributed by atoms with Crippen LogP contribution in [0.4, 0.5) is 0 Å². The molecule has 0 N–H and O–H groups in total. The van der Waals surface area contributed by atoms with Crippen LogP contribution in [0.5, 0.6) is 0 Å². The average molecular weight is 407 g/mol. The second kappa shape index (κ2) is 8.50. The van der Waals surface area contributed by atoms with E-state index in [4.69, 9.17) is 4.74 Å². The number of thiazole rings is 1. The number of hydrogen-bond acceptors (Lipinski definition) is 8. The molecule has 0 spiro atoms. The van der Waals surface area contributed by atoms with Crippen molar-refractivity contribution >= 4 is 44.8 Å². The third-order valence-corrected chi connectivity index (χ3v) is 7.75. The van der Waals surface area contributed by atoms with Crippen LogP contribution in [-0.4, -0.2) is 66.6 Å². The lowest BCUT2D eigenvalue weighted by Crippen LogP contribution is -2.41. The Morgan fingerprint density at radius 3 is 2.84 bits per heavy atom. The molecule has 1 fully saturated rings. The van der Waals surface area contributed by atoms with Crippen molar-refractivity contribution in [3.05, 3.63) is 11.1 Å². The van der Waals surface area contributed by atoms with Gasteiger partial charge in [-0.1, -0.05) is 11.8 Å². The first kappa shape index (κ1) is 20.2. The number of thioether (sulfide) groups is 1. The van der Waals surface area contributed by atoms with E-state index in [1.54, 1.807) is 26.3 Å². The van der Waals surface area contributed by atoms with Crippen molar-refractivity contribution in [2.75, 3.05) is 25.2 Å². The number of sulfone groups is 1. The maximum Gasteiger partial charge on any atom is 0.311 e. The fourth-order valence-corrected chi connectivity index (χ4v) is 6.39. The van der Waals surface area contributed by atoms with Gasteiger partial charge in [0.05, 0.1) is 35.5 Å². The largest absolute Gasteiger partial charge is 0.466 e. The molecule has 1 aliphatic rings. The minimum Gasteiger partial charge on any atom is -0.466 e. The molecule has 2 atom stereocenters. The molecular formula is C15H22N2O5S3. The van der Waals surface area contributed by atoms with E-state index in [1.807, 2.05) is 0 Å². The Morgan fingerprint density at radius 2 is 2.24 bits per heavy atom. The van der Waals surface area contributed by atoms with Crippen LogP contribution in [-0.2, 0) is 30.6 Å². The summed E-state index contributed by atoms with van der Waals surface area (Å²) in [7, 11) is -1.37. The van der Waals surface area contributed by atoms with Crippen molar-refractivity contribution in [3.63, 3.8) is 0 Å². The van der Waals surface area contributed by atoms with Crippen molar-refractivity contribution in [3.8, 4) is 0 Å². The van der Waals surface area contributed by atoms with Gasteiger partial charge < -0.3 is 9.64 Å². The number of aromatic nitrogens is 1.